The van der Waals surface area contributed by atoms with Crippen LogP contribution in [0.25, 0.3) is 0 Å². The SMILES string of the molecule is CCOC(=O)CC1=NS(=O)(=O)c2cccc(OC)c2N1. The Bertz CT molecular complexity index is 666. The van der Waals surface area contributed by atoms with E-state index in [0.717, 1.165) is 0 Å². The van der Waals surface area contributed by atoms with Crippen molar-refractivity contribution in [1.82, 2.24) is 0 Å². The van der Waals surface area contributed by atoms with Gasteiger partial charge in [-0.2, -0.15) is 8.42 Å². The topological polar surface area (TPSA) is 94.1 Å². The first-order chi connectivity index (χ1) is 9.47. The normalized spacial score (nSPS) is 15.6. The van der Waals surface area contributed by atoms with Crippen LogP contribution in [0.3, 0.4) is 0 Å². The van der Waals surface area contributed by atoms with Crippen LogP contribution in [0, 0.1) is 0 Å². The Morgan fingerprint density at radius 2 is 2.15 bits per heavy atom. The number of hydrogen-bond acceptors (Lipinski definition) is 6. The Labute approximate surface area is 116 Å². The monoisotopic (exact) mass is 298 g/mol. The lowest BCUT2D eigenvalue weighted by Crippen LogP contribution is -2.25. The molecule has 1 aromatic carbocycles. The molecular weight excluding hydrogens is 284 g/mol. The van der Waals surface area contributed by atoms with Crippen LogP contribution in [0.1, 0.15) is 13.3 Å². The zero-order chi connectivity index (χ0) is 14.8. The first-order valence-corrected chi connectivity index (χ1v) is 7.35. The van der Waals surface area contributed by atoms with E-state index >= 15 is 0 Å². The van der Waals surface area contributed by atoms with Crippen molar-refractivity contribution in [3.05, 3.63) is 18.2 Å². The second-order valence-corrected chi connectivity index (χ2v) is 5.53. The van der Waals surface area contributed by atoms with Gasteiger partial charge in [0.1, 0.15) is 28.6 Å². The summed E-state index contributed by atoms with van der Waals surface area (Å²) in [5, 5.41) is 2.81. The van der Waals surface area contributed by atoms with Crippen LogP contribution >= 0.6 is 0 Å². The van der Waals surface area contributed by atoms with Gasteiger partial charge in [0.05, 0.1) is 13.7 Å². The molecule has 0 saturated heterocycles. The van der Waals surface area contributed by atoms with Gasteiger partial charge >= 0.3 is 5.97 Å². The van der Waals surface area contributed by atoms with E-state index in [0.29, 0.717) is 5.75 Å². The molecule has 0 bridgehead atoms. The number of carbonyl (C=O) groups excluding carboxylic acids is 1. The lowest BCUT2D eigenvalue weighted by molar-refractivity contribution is -0.141. The Morgan fingerprint density at radius 3 is 2.80 bits per heavy atom. The number of fused-ring (bicyclic) bond motifs is 1. The molecule has 0 saturated carbocycles. The average molecular weight is 298 g/mol. The fourth-order valence-corrected chi connectivity index (χ4v) is 2.96. The molecule has 1 aromatic rings. The Hall–Kier alpha value is -2.09. The number of nitrogens with one attached hydrogen (secondary N) is 1. The first-order valence-electron chi connectivity index (χ1n) is 5.91. The summed E-state index contributed by atoms with van der Waals surface area (Å²) < 4.78 is 37.6. The van der Waals surface area contributed by atoms with Crippen molar-refractivity contribution in [2.45, 2.75) is 18.2 Å². The lowest BCUT2D eigenvalue weighted by Gasteiger charge is -2.19. The molecule has 1 heterocycles. The number of nitrogens with zero attached hydrogens (tertiary/aromatic N) is 1. The summed E-state index contributed by atoms with van der Waals surface area (Å²) in [7, 11) is -2.42. The van der Waals surface area contributed by atoms with E-state index in [1.807, 2.05) is 0 Å². The second-order valence-electron chi connectivity index (χ2n) is 3.95. The maximum atomic E-state index is 12.1. The Morgan fingerprint density at radius 1 is 1.40 bits per heavy atom. The fraction of sp³-hybridized carbons (Fsp3) is 0.333. The van der Waals surface area contributed by atoms with Crippen LogP contribution < -0.4 is 10.1 Å². The van der Waals surface area contributed by atoms with Crippen molar-refractivity contribution >= 4 is 27.5 Å². The smallest absolute Gasteiger partial charge is 0.313 e. The molecule has 8 heteroatoms. The predicted molar refractivity (Wildman–Crippen MR) is 72.5 cm³/mol. The third kappa shape index (κ3) is 2.74. The third-order valence-corrected chi connectivity index (χ3v) is 3.96. The molecule has 0 amide bonds. The molecule has 2 rings (SSSR count). The number of rotatable bonds is 4. The predicted octanol–water partition coefficient (Wildman–Crippen LogP) is 1.16. The van der Waals surface area contributed by atoms with Crippen LogP contribution in [-0.4, -0.2) is 33.9 Å². The Balaban J connectivity index is 2.38. The summed E-state index contributed by atoms with van der Waals surface area (Å²) in [5.41, 5.74) is 0.282. The molecule has 1 aliphatic heterocycles. The maximum absolute atomic E-state index is 12.1. The van der Waals surface area contributed by atoms with Gasteiger partial charge < -0.3 is 14.8 Å². The summed E-state index contributed by atoms with van der Waals surface area (Å²) in [5.74, 6) is -0.171. The average Bonchev–Trinajstić information content (AvgIpc) is 2.37. The minimum Gasteiger partial charge on any atom is -0.495 e. The molecule has 0 atom stereocenters. The van der Waals surface area contributed by atoms with E-state index in [1.54, 1.807) is 19.1 Å². The Kier molecular flexibility index (Phi) is 3.93. The van der Waals surface area contributed by atoms with Crippen LogP contribution in [-0.2, 0) is 19.6 Å². The van der Waals surface area contributed by atoms with Gasteiger partial charge in [-0.1, -0.05) is 6.07 Å². The largest absolute Gasteiger partial charge is 0.495 e. The summed E-state index contributed by atoms with van der Waals surface area (Å²) in [6, 6.07) is 4.60. The minimum atomic E-state index is -3.85. The van der Waals surface area contributed by atoms with Crippen molar-refractivity contribution in [3.63, 3.8) is 0 Å². The highest BCUT2D eigenvalue weighted by Crippen LogP contribution is 2.35. The molecule has 0 aromatic heterocycles. The quantitative estimate of drug-likeness (QED) is 0.838. The van der Waals surface area contributed by atoms with E-state index < -0.39 is 16.0 Å². The molecule has 0 fully saturated rings. The molecule has 7 nitrogen and oxygen atoms in total. The number of hydrogen-bond donors (Lipinski definition) is 1. The van der Waals surface area contributed by atoms with E-state index in [4.69, 9.17) is 9.47 Å². The summed E-state index contributed by atoms with van der Waals surface area (Å²) in [6.07, 6.45) is -0.245. The van der Waals surface area contributed by atoms with Gasteiger partial charge in [0.2, 0.25) is 0 Å². The molecule has 0 radical (unpaired) electrons. The standard InChI is InChI=1S/C12H14N2O5S/c1-3-19-11(15)7-10-13-12-8(18-2)5-4-6-9(12)20(16,17)14-10/h4-6H,3,7H2,1-2H3,(H,13,14). The van der Waals surface area contributed by atoms with Crippen molar-refractivity contribution in [1.29, 1.82) is 0 Å². The summed E-state index contributed by atoms with van der Waals surface area (Å²) in [4.78, 5) is 11.4. The molecule has 0 unspecified atom stereocenters. The number of para-hydroxylation sites is 1. The number of methoxy groups -OCH3 is 1. The van der Waals surface area contributed by atoms with E-state index in [9.17, 15) is 13.2 Å². The third-order valence-electron chi connectivity index (χ3n) is 2.60. The number of anilines is 1. The van der Waals surface area contributed by atoms with Crippen molar-refractivity contribution in [2.75, 3.05) is 19.0 Å². The highest BCUT2D eigenvalue weighted by molar-refractivity contribution is 7.90. The molecule has 1 aliphatic rings. The molecule has 1 N–H and O–H groups in total. The number of amidine groups is 1. The molecule has 108 valence electrons. The first kappa shape index (κ1) is 14.3. The molecule has 0 aliphatic carbocycles. The highest BCUT2D eigenvalue weighted by Gasteiger charge is 2.28. The van der Waals surface area contributed by atoms with Gasteiger partial charge in [0, 0.05) is 0 Å². The van der Waals surface area contributed by atoms with Crippen LogP contribution in [0.2, 0.25) is 0 Å². The van der Waals surface area contributed by atoms with Crippen molar-refractivity contribution in [2.24, 2.45) is 4.40 Å². The molecule has 20 heavy (non-hydrogen) atoms. The van der Waals surface area contributed by atoms with Gasteiger partial charge in [-0.15, -0.1) is 4.40 Å². The van der Waals surface area contributed by atoms with Crippen LogP contribution in [0.5, 0.6) is 5.75 Å². The zero-order valence-corrected chi connectivity index (χ0v) is 11.9. The second kappa shape index (κ2) is 5.49. The van der Waals surface area contributed by atoms with Gasteiger partial charge in [-0.25, -0.2) is 0 Å². The fourth-order valence-electron chi connectivity index (χ4n) is 1.81. The van der Waals surface area contributed by atoms with E-state index in [1.165, 1.54) is 13.2 Å². The number of esters is 1. The lowest BCUT2D eigenvalue weighted by atomic mass is 10.2. The van der Waals surface area contributed by atoms with Crippen molar-refractivity contribution < 1.29 is 22.7 Å². The number of sulfonamides is 1. The summed E-state index contributed by atoms with van der Waals surface area (Å²) in [6.45, 7) is 1.89. The van der Waals surface area contributed by atoms with Gasteiger partial charge in [0.15, 0.2) is 0 Å². The zero-order valence-electron chi connectivity index (χ0n) is 11.0. The molecule has 0 spiro atoms. The minimum absolute atomic E-state index is 0.0143. The van der Waals surface area contributed by atoms with Gasteiger partial charge in [-0.05, 0) is 19.1 Å². The van der Waals surface area contributed by atoms with Crippen LogP contribution in [0.4, 0.5) is 5.69 Å². The number of carbonyl (C=O) groups is 1. The van der Waals surface area contributed by atoms with E-state index in [2.05, 4.69) is 9.71 Å². The summed E-state index contributed by atoms with van der Waals surface area (Å²) >= 11 is 0. The van der Waals surface area contributed by atoms with Gasteiger partial charge in [0.25, 0.3) is 10.0 Å². The van der Waals surface area contributed by atoms with Crippen molar-refractivity contribution in [3.8, 4) is 5.75 Å². The van der Waals surface area contributed by atoms with Crippen LogP contribution in [0.15, 0.2) is 27.5 Å². The number of ether oxygens (including phenoxy) is 2. The highest BCUT2D eigenvalue weighted by atomic mass is 32.2. The number of benzene rings is 1. The molecular formula is C12H14N2O5S. The van der Waals surface area contributed by atoms with E-state index in [-0.39, 0.29) is 29.4 Å². The van der Waals surface area contributed by atoms with Gasteiger partial charge in [-0.3, -0.25) is 4.79 Å². The maximum Gasteiger partial charge on any atom is 0.313 e.